The average molecular weight is 824 g/mol. The normalized spacial score (nSPS) is 14.1. The number of para-hydroxylation sites is 6. The smallest absolute Gasteiger partial charge is 0.199 e. The number of fused-ring (bicyclic) bond motifs is 3. The molecule has 0 spiro atoms. The molecule has 8 rings (SSSR count). The number of nitrogens with zero attached hydrogens (tertiary/aromatic N) is 7. The predicted octanol–water partition coefficient (Wildman–Crippen LogP) is 8.11. The summed E-state index contributed by atoms with van der Waals surface area (Å²) < 4.78 is 16.3. The zero-order valence-corrected chi connectivity index (χ0v) is 33.7. The molecule has 14 heteroatoms. The number of ether oxygens (including phenoxy) is 2. The minimum absolute atomic E-state index is 0.263. The molecule has 4 aromatic carbocycles. The highest BCUT2D eigenvalue weighted by Crippen LogP contribution is 2.30. The first kappa shape index (κ1) is 40.5. The second-order valence-electron chi connectivity index (χ2n) is 14.1. The molecule has 62 heavy (non-hydrogen) atoms. The van der Waals surface area contributed by atoms with Crippen molar-refractivity contribution in [1.82, 2.24) is 19.5 Å². The zero-order valence-electron chi connectivity index (χ0n) is 33.7. The van der Waals surface area contributed by atoms with E-state index in [-0.39, 0.29) is 22.7 Å². The number of hydrogen-bond donors (Lipinski definition) is 3. The quantitative estimate of drug-likeness (QED) is 0.0552. The summed E-state index contributed by atoms with van der Waals surface area (Å²) >= 11 is 0. The molecule has 0 bridgehead atoms. The fourth-order valence-electron chi connectivity index (χ4n) is 6.69. The van der Waals surface area contributed by atoms with Crippen LogP contribution >= 0.6 is 0 Å². The van der Waals surface area contributed by atoms with Crippen molar-refractivity contribution in [3.8, 4) is 11.5 Å². The van der Waals surface area contributed by atoms with Gasteiger partial charge in [-0.25, -0.2) is 19.5 Å². The van der Waals surface area contributed by atoms with Crippen LogP contribution in [0.2, 0.25) is 0 Å². The van der Waals surface area contributed by atoms with E-state index in [2.05, 4.69) is 30.2 Å². The maximum Gasteiger partial charge on any atom is 0.199 e. The van der Waals surface area contributed by atoms with Gasteiger partial charge in [-0.3, -0.25) is 19.6 Å². The van der Waals surface area contributed by atoms with Gasteiger partial charge in [-0.1, -0.05) is 54.6 Å². The Morgan fingerprint density at radius 1 is 0.629 bits per heavy atom. The summed E-state index contributed by atoms with van der Waals surface area (Å²) in [4.78, 5) is 50.9. The summed E-state index contributed by atoms with van der Waals surface area (Å²) in [7, 11) is 0. The van der Waals surface area contributed by atoms with E-state index in [1.54, 1.807) is 49.1 Å². The van der Waals surface area contributed by atoms with Crippen LogP contribution in [0.15, 0.2) is 174 Å². The van der Waals surface area contributed by atoms with Crippen LogP contribution in [0.5, 0.6) is 11.5 Å². The van der Waals surface area contributed by atoms with Crippen molar-refractivity contribution in [2.45, 2.75) is 25.9 Å². The molecule has 0 fully saturated rings. The number of Topliss-reactive ketones (excluding diaryl/α,β-unsaturated/α-hetero) is 2. The number of hydrogen-bond acceptors (Lipinski definition) is 12. The number of allylic oxidation sites excluding steroid dienone is 2. The van der Waals surface area contributed by atoms with Gasteiger partial charge < -0.3 is 30.4 Å². The monoisotopic (exact) mass is 823 g/mol. The number of carbonyl (C=O) groups excluding carboxylic acids is 2. The van der Waals surface area contributed by atoms with Crippen LogP contribution in [-0.2, 0) is 13.1 Å². The Morgan fingerprint density at radius 3 is 1.79 bits per heavy atom. The predicted molar refractivity (Wildman–Crippen MR) is 241 cm³/mol. The molecule has 1 aliphatic rings. The van der Waals surface area contributed by atoms with E-state index in [1.807, 2.05) is 102 Å². The topological polar surface area (TPSA) is 175 Å². The van der Waals surface area contributed by atoms with Gasteiger partial charge >= 0.3 is 0 Å². The first-order chi connectivity index (χ1) is 30.5. The van der Waals surface area contributed by atoms with E-state index in [9.17, 15) is 9.59 Å². The van der Waals surface area contributed by atoms with E-state index in [0.29, 0.717) is 88.5 Å². The first-order valence-electron chi connectivity index (χ1n) is 20.1. The molecule has 4 heterocycles. The third-order valence-electron chi connectivity index (χ3n) is 9.87. The Labute approximate surface area is 357 Å². The molecule has 308 valence electrons. The number of nitrogen functional groups attached to an aromatic ring is 1. The number of nitrogens with one attached hydrogen (secondary N) is 2. The Balaban J connectivity index is 1.03. The van der Waals surface area contributed by atoms with Crippen molar-refractivity contribution in [3.05, 3.63) is 175 Å². The van der Waals surface area contributed by atoms with Crippen molar-refractivity contribution < 1.29 is 23.6 Å². The standard InChI is InChI=1S/C48H42N10O4/c49-47-44-48(55-32-54-47)58(33-56-44)25-13-27-62-43-21-9-3-15-37(43)46(60)35-30-52-40-18-6-4-16-38(40)50-28-34(29-51-39-17-5-7-19-41(39)53-31-35)45(59)36-14-2-8-20-42(36)61-26-12-24-57-22-10-1-11-23-57/h1-11,14-23,28-33H,12-13,24-27H2,(H3-,49,50,51,52,53,54,55,59,60)/p+1. The second-order valence-corrected chi connectivity index (χ2v) is 14.1. The van der Waals surface area contributed by atoms with E-state index in [4.69, 9.17) is 25.2 Å². The molecule has 3 aromatic heterocycles. The number of nitrogens with two attached hydrogens (primary N) is 1. The number of anilines is 3. The van der Waals surface area contributed by atoms with Gasteiger partial charge in [0.25, 0.3) is 0 Å². The third-order valence-corrected chi connectivity index (χ3v) is 9.87. The molecule has 0 amide bonds. The SMILES string of the molecule is Nc1ncnc2c1ncn2CCCOc1ccccc1C(=O)/C1=C/Nc2ccccc2N=C/C(C(=O)c2ccccc2OCCC[n+]2ccccc2)=C\Nc2ccccc2N=C1. The lowest BCUT2D eigenvalue weighted by atomic mass is 10.0. The maximum absolute atomic E-state index is 14.4. The van der Waals surface area contributed by atoms with E-state index in [0.717, 1.165) is 13.0 Å². The van der Waals surface area contributed by atoms with Gasteiger partial charge in [-0.2, -0.15) is 0 Å². The fourth-order valence-corrected chi connectivity index (χ4v) is 6.69. The van der Waals surface area contributed by atoms with E-state index >= 15 is 0 Å². The third kappa shape index (κ3) is 9.77. The van der Waals surface area contributed by atoms with Gasteiger partial charge in [0.2, 0.25) is 0 Å². The summed E-state index contributed by atoms with van der Waals surface area (Å²) in [6.07, 6.45) is 14.7. The minimum Gasteiger partial charge on any atom is -0.493 e. The summed E-state index contributed by atoms with van der Waals surface area (Å²) in [5.74, 6) is 0.647. The fraction of sp³-hybridized carbons (Fsp3) is 0.125. The van der Waals surface area contributed by atoms with Crippen molar-refractivity contribution >= 4 is 63.7 Å². The number of rotatable bonds is 14. The van der Waals surface area contributed by atoms with Gasteiger partial charge in [0.05, 0.1) is 64.6 Å². The number of benzene rings is 4. The van der Waals surface area contributed by atoms with Gasteiger partial charge in [-0.15, -0.1) is 0 Å². The molecule has 0 saturated carbocycles. The van der Waals surface area contributed by atoms with E-state index < -0.39 is 0 Å². The highest BCUT2D eigenvalue weighted by Gasteiger charge is 2.19. The summed E-state index contributed by atoms with van der Waals surface area (Å²) in [6.45, 7) is 2.10. The van der Waals surface area contributed by atoms with E-state index in [1.165, 1.54) is 18.8 Å². The van der Waals surface area contributed by atoms with Crippen molar-refractivity contribution in [2.24, 2.45) is 9.98 Å². The number of aryl methyl sites for hydroxylation is 2. The molecule has 0 unspecified atom stereocenters. The number of imidazole rings is 1. The summed E-state index contributed by atoms with van der Waals surface area (Å²) in [6, 6.07) is 35.0. The lowest BCUT2D eigenvalue weighted by Crippen LogP contribution is -2.33. The summed E-state index contributed by atoms with van der Waals surface area (Å²) in [5.41, 5.74) is 10.7. The van der Waals surface area contributed by atoms with Crippen molar-refractivity contribution in [2.75, 3.05) is 29.6 Å². The van der Waals surface area contributed by atoms with Crippen LogP contribution in [0.1, 0.15) is 33.6 Å². The molecule has 1 aliphatic heterocycles. The number of aliphatic imine (C=N–C) groups is 2. The summed E-state index contributed by atoms with van der Waals surface area (Å²) in [5, 5.41) is 6.55. The molecule has 7 aromatic rings. The molecular weight excluding hydrogens is 781 g/mol. The highest BCUT2D eigenvalue weighted by atomic mass is 16.5. The van der Waals surface area contributed by atoms with Crippen LogP contribution in [0.4, 0.5) is 28.6 Å². The average Bonchev–Trinajstić information content (AvgIpc) is 3.74. The van der Waals surface area contributed by atoms with Crippen molar-refractivity contribution in [3.63, 3.8) is 0 Å². The second kappa shape index (κ2) is 19.7. The molecule has 0 aliphatic carbocycles. The Bertz CT molecular complexity index is 2830. The van der Waals surface area contributed by atoms with Crippen LogP contribution in [0.3, 0.4) is 0 Å². The maximum atomic E-state index is 14.4. The number of ketones is 2. The van der Waals surface area contributed by atoms with Crippen LogP contribution in [0.25, 0.3) is 11.2 Å². The van der Waals surface area contributed by atoms with Gasteiger partial charge in [0.1, 0.15) is 23.3 Å². The molecule has 0 saturated heterocycles. The van der Waals surface area contributed by atoms with Crippen LogP contribution < -0.4 is 30.4 Å². The first-order valence-corrected chi connectivity index (χ1v) is 20.1. The molecular formula is C48H43N10O4+. The molecule has 0 atom stereocenters. The zero-order chi connectivity index (χ0) is 42.5. The number of pyridine rings is 1. The van der Waals surface area contributed by atoms with Crippen LogP contribution in [-0.4, -0.2) is 56.7 Å². The minimum atomic E-state index is -0.310. The molecule has 14 nitrogen and oxygen atoms in total. The molecule has 0 radical (unpaired) electrons. The van der Waals surface area contributed by atoms with Gasteiger partial charge in [-0.05, 0) is 55.0 Å². The Hall–Kier alpha value is -8.26. The Kier molecular flexibility index (Phi) is 12.8. The van der Waals surface area contributed by atoms with Gasteiger partial charge in [0, 0.05) is 49.9 Å². The Morgan fingerprint density at radius 2 is 1.18 bits per heavy atom. The van der Waals surface area contributed by atoms with Crippen molar-refractivity contribution in [1.29, 1.82) is 0 Å². The van der Waals surface area contributed by atoms with Crippen LogP contribution in [0, 0.1) is 0 Å². The molecule has 4 N–H and O–H groups in total. The highest BCUT2D eigenvalue weighted by molar-refractivity contribution is 6.23. The lowest BCUT2D eigenvalue weighted by Gasteiger charge is -2.13. The lowest BCUT2D eigenvalue weighted by molar-refractivity contribution is -0.697. The number of aromatic nitrogens is 5. The van der Waals surface area contributed by atoms with Gasteiger partial charge in [0.15, 0.2) is 42.0 Å². The number of carbonyl (C=O) groups is 2. The largest absolute Gasteiger partial charge is 0.493 e.